The molecule has 0 bridgehead atoms. The van der Waals surface area contributed by atoms with Crippen LogP contribution in [0, 0.1) is 5.92 Å². The summed E-state index contributed by atoms with van der Waals surface area (Å²) in [7, 11) is 0. The fraction of sp³-hybridized carbons (Fsp3) is 0.524. The number of ether oxygens (including phenoxy) is 1. The van der Waals surface area contributed by atoms with Gasteiger partial charge in [-0.15, -0.1) is 0 Å². The van der Waals surface area contributed by atoms with E-state index in [-0.39, 0.29) is 30.3 Å². The van der Waals surface area contributed by atoms with Gasteiger partial charge in [0.25, 0.3) is 0 Å². The van der Waals surface area contributed by atoms with E-state index in [9.17, 15) is 4.39 Å². The molecule has 2 aromatic rings. The molecule has 2 aliphatic heterocycles. The largest absolute Gasteiger partial charge is 0.493 e. The molecule has 0 saturated carbocycles. The van der Waals surface area contributed by atoms with E-state index in [1.54, 1.807) is 6.33 Å². The van der Waals surface area contributed by atoms with Crippen molar-refractivity contribution in [2.75, 3.05) is 18.0 Å². The standard InChI is InChI=1S/C21H26FN7O/c1-13(2)30-19-8-15-17(9-16(19)22)26-27-21(15)18-10-20(24-12-23-18)28-7-4-14(11-28)29-6-3-5-25-29/h3,5-6,10,12-15,17,26H,4,7-9,11H2,1-2H3/t14?,15-,17+/m0/s1. The van der Waals surface area contributed by atoms with E-state index < -0.39 is 0 Å². The number of allylic oxidation sites excluding steroid dienone is 1. The molecule has 5 rings (SSSR count). The van der Waals surface area contributed by atoms with Crippen LogP contribution in [0.2, 0.25) is 0 Å². The smallest absolute Gasteiger partial charge is 0.140 e. The van der Waals surface area contributed by atoms with Crippen molar-refractivity contribution >= 4 is 11.5 Å². The molecule has 4 heterocycles. The Morgan fingerprint density at radius 2 is 2.17 bits per heavy atom. The van der Waals surface area contributed by atoms with Gasteiger partial charge in [0.1, 0.15) is 23.7 Å². The third-order valence-corrected chi connectivity index (χ3v) is 5.97. The highest BCUT2D eigenvalue weighted by Crippen LogP contribution is 2.37. The molecule has 3 atom stereocenters. The maximum atomic E-state index is 14.4. The number of nitrogens with zero attached hydrogens (tertiary/aromatic N) is 6. The van der Waals surface area contributed by atoms with Crippen LogP contribution in [0.3, 0.4) is 0 Å². The van der Waals surface area contributed by atoms with Crippen LogP contribution in [0.4, 0.5) is 10.2 Å². The second-order valence-corrected chi connectivity index (χ2v) is 8.38. The van der Waals surface area contributed by atoms with Crippen LogP contribution >= 0.6 is 0 Å². The van der Waals surface area contributed by atoms with E-state index in [1.165, 1.54) is 0 Å². The molecule has 2 aromatic heterocycles. The Morgan fingerprint density at radius 1 is 1.27 bits per heavy atom. The van der Waals surface area contributed by atoms with Crippen LogP contribution in [0.5, 0.6) is 0 Å². The Kier molecular flexibility index (Phi) is 4.88. The maximum absolute atomic E-state index is 14.4. The first-order chi connectivity index (χ1) is 14.6. The molecule has 1 fully saturated rings. The quantitative estimate of drug-likeness (QED) is 0.815. The lowest BCUT2D eigenvalue weighted by molar-refractivity contribution is 0.116. The summed E-state index contributed by atoms with van der Waals surface area (Å²) in [4.78, 5) is 11.2. The van der Waals surface area contributed by atoms with Crippen molar-refractivity contribution in [3.8, 4) is 0 Å². The summed E-state index contributed by atoms with van der Waals surface area (Å²) < 4.78 is 22.2. The number of halogens is 1. The highest BCUT2D eigenvalue weighted by molar-refractivity contribution is 6.02. The summed E-state index contributed by atoms with van der Waals surface area (Å²) in [6.07, 6.45) is 7.15. The molecular formula is C21H26FN7O. The molecule has 1 N–H and O–H groups in total. The van der Waals surface area contributed by atoms with Crippen LogP contribution in [0.1, 0.15) is 44.8 Å². The highest BCUT2D eigenvalue weighted by Gasteiger charge is 2.40. The fourth-order valence-corrected chi connectivity index (χ4v) is 4.53. The Balaban J connectivity index is 1.34. The van der Waals surface area contributed by atoms with Crippen LogP contribution < -0.4 is 10.3 Å². The molecule has 1 saturated heterocycles. The van der Waals surface area contributed by atoms with Gasteiger partial charge in [-0.05, 0) is 26.3 Å². The van der Waals surface area contributed by atoms with Crippen molar-refractivity contribution in [2.45, 2.75) is 51.3 Å². The van der Waals surface area contributed by atoms with E-state index in [2.05, 4.69) is 30.5 Å². The number of hydrazone groups is 1. The van der Waals surface area contributed by atoms with Crippen molar-refractivity contribution in [1.82, 2.24) is 25.2 Å². The van der Waals surface area contributed by atoms with Gasteiger partial charge < -0.3 is 15.1 Å². The van der Waals surface area contributed by atoms with Crippen molar-refractivity contribution in [3.63, 3.8) is 0 Å². The number of hydrogen-bond acceptors (Lipinski definition) is 7. The Labute approximate surface area is 174 Å². The third-order valence-electron chi connectivity index (χ3n) is 5.97. The molecule has 0 amide bonds. The lowest BCUT2D eigenvalue weighted by Gasteiger charge is -2.28. The van der Waals surface area contributed by atoms with E-state index in [4.69, 9.17) is 4.74 Å². The topological polar surface area (TPSA) is 80.5 Å². The second-order valence-electron chi connectivity index (χ2n) is 8.38. The van der Waals surface area contributed by atoms with E-state index >= 15 is 0 Å². The molecular weight excluding hydrogens is 385 g/mol. The number of fused-ring (bicyclic) bond motifs is 1. The molecule has 8 nitrogen and oxygen atoms in total. The molecule has 0 radical (unpaired) electrons. The van der Waals surface area contributed by atoms with Gasteiger partial charge in [-0.3, -0.25) is 4.68 Å². The van der Waals surface area contributed by atoms with E-state index in [0.29, 0.717) is 18.2 Å². The van der Waals surface area contributed by atoms with Gasteiger partial charge in [-0.1, -0.05) is 0 Å². The zero-order valence-corrected chi connectivity index (χ0v) is 17.2. The lowest BCUT2D eigenvalue weighted by atomic mass is 9.84. The minimum Gasteiger partial charge on any atom is -0.493 e. The SMILES string of the molecule is CC(C)OC1=C(F)C[C@H]2NN=C(c3cc(N4CCC(n5cccn5)C4)ncn3)[C@H]2C1. The number of anilines is 1. The number of aromatic nitrogens is 4. The van der Waals surface area contributed by atoms with Crippen LogP contribution in [0.25, 0.3) is 0 Å². The van der Waals surface area contributed by atoms with Gasteiger partial charge in [-0.2, -0.15) is 10.2 Å². The maximum Gasteiger partial charge on any atom is 0.140 e. The predicted molar refractivity (Wildman–Crippen MR) is 111 cm³/mol. The Morgan fingerprint density at radius 3 is 2.97 bits per heavy atom. The van der Waals surface area contributed by atoms with Gasteiger partial charge >= 0.3 is 0 Å². The van der Waals surface area contributed by atoms with Crippen molar-refractivity contribution < 1.29 is 9.13 Å². The van der Waals surface area contributed by atoms with Gasteiger partial charge in [0, 0.05) is 50.3 Å². The Hall–Kier alpha value is -2.97. The first-order valence-corrected chi connectivity index (χ1v) is 10.5. The summed E-state index contributed by atoms with van der Waals surface area (Å²) >= 11 is 0. The lowest BCUT2D eigenvalue weighted by Crippen LogP contribution is -2.34. The first-order valence-electron chi connectivity index (χ1n) is 10.5. The second kappa shape index (κ2) is 7.70. The van der Waals surface area contributed by atoms with Gasteiger partial charge in [-0.25, -0.2) is 14.4 Å². The number of nitrogens with one attached hydrogen (secondary N) is 1. The summed E-state index contributed by atoms with van der Waals surface area (Å²) in [5.41, 5.74) is 4.74. The summed E-state index contributed by atoms with van der Waals surface area (Å²) in [5, 5.41) is 8.89. The van der Waals surface area contributed by atoms with Crippen molar-refractivity contribution in [2.24, 2.45) is 11.0 Å². The average molecular weight is 411 g/mol. The summed E-state index contributed by atoms with van der Waals surface area (Å²) in [5.74, 6) is 1.19. The minimum atomic E-state index is -0.181. The summed E-state index contributed by atoms with van der Waals surface area (Å²) in [6.45, 7) is 5.60. The molecule has 0 spiro atoms. The average Bonchev–Trinajstić information content (AvgIpc) is 3.48. The van der Waals surface area contributed by atoms with E-state index in [0.717, 1.165) is 36.7 Å². The molecule has 1 aliphatic carbocycles. The van der Waals surface area contributed by atoms with Gasteiger partial charge in [0.05, 0.1) is 29.6 Å². The van der Waals surface area contributed by atoms with Crippen LogP contribution in [-0.4, -0.2) is 50.7 Å². The Bertz CT molecular complexity index is 971. The normalized spacial score (nSPS) is 26.1. The zero-order chi connectivity index (χ0) is 20.7. The molecule has 1 unspecified atom stereocenters. The summed E-state index contributed by atoms with van der Waals surface area (Å²) in [6, 6.07) is 4.22. The number of hydrogen-bond donors (Lipinski definition) is 1. The van der Waals surface area contributed by atoms with E-state index in [1.807, 2.05) is 43.1 Å². The first kappa shape index (κ1) is 19.0. The van der Waals surface area contributed by atoms with Crippen molar-refractivity contribution in [1.29, 1.82) is 0 Å². The fourth-order valence-electron chi connectivity index (χ4n) is 4.53. The molecule has 9 heteroatoms. The monoisotopic (exact) mass is 411 g/mol. The van der Waals surface area contributed by atoms with Crippen LogP contribution in [0.15, 0.2) is 47.5 Å². The molecule has 3 aliphatic rings. The highest BCUT2D eigenvalue weighted by atomic mass is 19.1. The molecule has 158 valence electrons. The van der Waals surface area contributed by atoms with Crippen LogP contribution in [-0.2, 0) is 4.74 Å². The van der Waals surface area contributed by atoms with Crippen molar-refractivity contribution in [3.05, 3.63) is 48.1 Å². The molecule has 0 aromatic carbocycles. The zero-order valence-electron chi connectivity index (χ0n) is 17.2. The van der Waals surface area contributed by atoms with Gasteiger partial charge in [0.2, 0.25) is 0 Å². The minimum absolute atomic E-state index is 0.0383. The third kappa shape index (κ3) is 3.53. The van der Waals surface area contributed by atoms with Gasteiger partial charge in [0.15, 0.2) is 0 Å². The molecule has 30 heavy (non-hydrogen) atoms. The predicted octanol–water partition coefficient (Wildman–Crippen LogP) is 2.82. The number of rotatable bonds is 5.